The summed E-state index contributed by atoms with van der Waals surface area (Å²) in [6, 6.07) is 6.63. The number of hydrogen-bond donors (Lipinski definition) is 1. The molecule has 3 nitrogen and oxygen atoms in total. The normalized spacial score (nSPS) is 10.5. The van der Waals surface area contributed by atoms with E-state index in [1.807, 2.05) is 0 Å². The highest BCUT2D eigenvalue weighted by Crippen LogP contribution is 2.23. The molecule has 0 aliphatic carbocycles. The molecule has 0 aliphatic heterocycles. The minimum Gasteiger partial charge on any atom is -0.330 e. The second-order valence-corrected chi connectivity index (χ2v) is 3.77. The number of halogens is 1. The minimum atomic E-state index is -0.264. The molecule has 17 heavy (non-hydrogen) atoms. The number of aryl methyl sites for hydroxylation is 1. The van der Waals surface area contributed by atoms with Gasteiger partial charge in [-0.3, -0.25) is 0 Å². The number of nitrogens with zero attached hydrogens (tertiary/aromatic N) is 2. The minimum absolute atomic E-state index is 0.264. The molecule has 0 spiro atoms. The van der Waals surface area contributed by atoms with Crippen molar-refractivity contribution in [3.8, 4) is 11.3 Å². The van der Waals surface area contributed by atoms with Crippen molar-refractivity contribution in [2.45, 2.75) is 12.8 Å². The summed E-state index contributed by atoms with van der Waals surface area (Å²) in [6.45, 7) is 0.603. The first-order valence-corrected chi connectivity index (χ1v) is 5.57. The molecule has 2 N–H and O–H groups in total. The fraction of sp³-hybridized carbons (Fsp3) is 0.231. The summed E-state index contributed by atoms with van der Waals surface area (Å²) in [7, 11) is 0. The second kappa shape index (κ2) is 5.50. The largest absolute Gasteiger partial charge is 0.330 e. The quantitative estimate of drug-likeness (QED) is 0.877. The third-order valence-electron chi connectivity index (χ3n) is 2.57. The highest BCUT2D eigenvalue weighted by atomic mass is 19.1. The number of rotatable bonds is 4. The highest BCUT2D eigenvalue weighted by molar-refractivity contribution is 5.63. The Hall–Kier alpha value is -1.81. The van der Waals surface area contributed by atoms with Gasteiger partial charge in [-0.15, -0.1) is 0 Å². The molecule has 0 saturated carbocycles. The zero-order valence-corrected chi connectivity index (χ0v) is 9.44. The van der Waals surface area contributed by atoms with Gasteiger partial charge in [0.2, 0.25) is 0 Å². The summed E-state index contributed by atoms with van der Waals surface area (Å²) in [6.07, 6.45) is 4.77. The van der Waals surface area contributed by atoms with Crippen molar-refractivity contribution in [3.05, 3.63) is 48.2 Å². The molecule has 2 aromatic rings. The molecule has 1 aromatic carbocycles. The average molecular weight is 231 g/mol. The van der Waals surface area contributed by atoms with E-state index in [0.717, 1.165) is 18.4 Å². The van der Waals surface area contributed by atoms with Crippen LogP contribution in [0.15, 0.2) is 36.8 Å². The van der Waals surface area contributed by atoms with Crippen molar-refractivity contribution in [2.75, 3.05) is 6.54 Å². The van der Waals surface area contributed by atoms with Crippen LogP contribution in [0.1, 0.15) is 12.0 Å². The number of hydrogen-bond acceptors (Lipinski definition) is 3. The van der Waals surface area contributed by atoms with Crippen molar-refractivity contribution in [3.63, 3.8) is 0 Å². The van der Waals surface area contributed by atoms with E-state index in [9.17, 15) is 4.39 Å². The number of nitrogens with two attached hydrogens (primary N) is 1. The van der Waals surface area contributed by atoms with Gasteiger partial charge in [-0.05, 0) is 37.1 Å². The van der Waals surface area contributed by atoms with E-state index >= 15 is 0 Å². The predicted molar refractivity (Wildman–Crippen MR) is 64.8 cm³/mol. The first-order valence-electron chi connectivity index (χ1n) is 5.57. The molecule has 4 heteroatoms. The zero-order chi connectivity index (χ0) is 12.1. The molecule has 0 bridgehead atoms. The molecule has 0 atom stereocenters. The van der Waals surface area contributed by atoms with Crippen LogP contribution in [-0.4, -0.2) is 16.5 Å². The van der Waals surface area contributed by atoms with Crippen molar-refractivity contribution in [2.24, 2.45) is 5.73 Å². The van der Waals surface area contributed by atoms with E-state index in [1.165, 1.54) is 12.4 Å². The predicted octanol–water partition coefficient (Wildman–Crippen LogP) is 2.17. The lowest BCUT2D eigenvalue weighted by Gasteiger charge is -2.08. The van der Waals surface area contributed by atoms with Gasteiger partial charge in [-0.2, -0.15) is 0 Å². The van der Waals surface area contributed by atoms with Gasteiger partial charge in [0.15, 0.2) is 0 Å². The Morgan fingerprint density at radius 2 is 2.06 bits per heavy atom. The summed E-state index contributed by atoms with van der Waals surface area (Å²) < 4.78 is 13.7. The maximum absolute atomic E-state index is 13.7. The van der Waals surface area contributed by atoms with Gasteiger partial charge in [0.1, 0.15) is 12.1 Å². The lowest BCUT2D eigenvalue weighted by Crippen LogP contribution is -2.03. The topological polar surface area (TPSA) is 51.8 Å². The van der Waals surface area contributed by atoms with Crippen LogP contribution in [0.25, 0.3) is 11.3 Å². The monoisotopic (exact) mass is 231 g/mol. The van der Waals surface area contributed by atoms with E-state index in [1.54, 1.807) is 24.4 Å². The van der Waals surface area contributed by atoms with Crippen molar-refractivity contribution in [1.82, 2.24) is 9.97 Å². The zero-order valence-electron chi connectivity index (χ0n) is 9.44. The molecule has 88 valence electrons. The molecule has 1 aromatic heterocycles. The fourth-order valence-corrected chi connectivity index (χ4v) is 1.73. The highest BCUT2D eigenvalue weighted by Gasteiger charge is 2.10. The summed E-state index contributed by atoms with van der Waals surface area (Å²) in [5, 5.41) is 0. The average Bonchev–Trinajstić information content (AvgIpc) is 2.37. The molecule has 0 unspecified atom stereocenters. The van der Waals surface area contributed by atoms with Gasteiger partial charge >= 0.3 is 0 Å². The second-order valence-electron chi connectivity index (χ2n) is 3.77. The molecule has 0 radical (unpaired) electrons. The maximum atomic E-state index is 13.7. The molecule has 0 aliphatic rings. The Bertz CT molecular complexity index is 500. The van der Waals surface area contributed by atoms with Crippen LogP contribution >= 0.6 is 0 Å². The SMILES string of the molecule is NCCCc1cncnc1-c1ccccc1F. The Morgan fingerprint density at radius 1 is 1.24 bits per heavy atom. The van der Waals surface area contributed by atoms with Gasteiger partial charge in [-0.25, -0.2) is 14.4 Å². The summed E-state index contributed by atoms with van der Waals surface area (Å²) >= 11 is 0. The molecular formula is C13H14FN3. The first kappa shape index (κ1) is 11.7. The van der Waals surface area contributed by atoms with Crippen LogP contribution in [0.3, 0.4) is 0 Å². The van der Waals surface area contributed by atoms with Crippen LogP contribution < -0.4 is 5.73 Å². The number of benzene rings is 1. The molecule has 2 rings (SSSR count). The summed E-state index contributed by atoms with van der Waals surface area (Å²) in [5.41, 5.74) is 7.59. The van der Waals surface area contributed by atoms with Crippen LogP contribution in [0.4, 0.5) is 4.39 Å². The Morgan fingerprint density at radius 3 is 2.82 bits per heavy atom. The third kappa shape index (κ3) is 2.65. The maximum Gasteiger partial charge on any atom is 0.132 e. The number of aromatic nitrogens is 2. The molecule has 0 amide bonds. The van der Waals surface area contributed by atoms with Crippen LogP contribution in [-0.2, 0) is 6.42 Å². The lowest BCUT2D eigenvalue weighted by molar-refractivity contribution is 0.630. The van der Waals surface area contributed by atoms with E-state index in [4.69, 9.17) is 5.73 Å². The molecule has 1 heterocycles. The molecule has 0 saturated heterocycles. The lowest BCUT2D eigenvalue weighted by atomic mass is 10.0. The van der Waals surface area contributed by atoms with E-state index in [-0.39, 0.29) is 5.82 Å². The van der Waals surface area contributed by atoms with Crippen molar-refractivity contribution < 1.29 is 4.39 Å². The Kier molecular flexibility index (Phi) is 3.77. The first-order chi connectivity index (χ1) is 8.33. The van der Waals surface area contributed by atoms with Gasteiger partial charge in [0.25, 0.3) is 0 Å². The van der Waals surface area contributed by atoms with Crippen molar-refractivity contribution in [1.29, 1.82) is 0 Å². The standard InChI is InChI=1S/C13H14FN3/c14-12-6-2-1-5-11(12)13-10(4-3-7-15)8-16-9-17-13/h1-2,5-6,8-9H,3-4,7,15H2. The Labute approximate surface area is 99.5 Å². The van der Waals surface area contributed by atoms with Crippen LogP contribution in [0.2, 0.25) is 0 Å². The van der Waals surface area contributed by atoms with Gasteiger partial charge in [0.05, 0.1) is 5.69 Å². The fourth-order valence-electron chi connectivity index (χ4n) is 1.73. The third-order valence-corrected chi connectivity index (χ3v) is 2.57. The van der Waals surface area contributed by atoms with Gasteiger partial charge in [0, 0.05) is 11.8 Å². The summed E-state index contributed by atoms with van der Waals surface area (Å²) in [5.74, 6) is -0.264. The molecular weight excluding hydrogens is 217 g/mol. The molecule has 0 fully saturated rings. The van der Waals surface area contributed by atoms with Crippen molar-refractivity contribution >= 4 is 0 Å². The van der Waals surface area contributed by atoms with Crippen LogP contribution in [0.5, 0.6) is 0 Å². The van der Waals surface area contributed by atoms with Crippen LogP contribution in [0, 0.1) is 5.82 Å². The van der Waals surface area contributed by atoms with E-state index in [0.29, 0.717) is 17.8 Å². The summed E-state index contributed by atoms with van der Waals surface area (Å²) in [4.78, 5) is 8.15. The Balaban J connectivity index is 2.41. The van der Waals surface area contributed by atoms with Gasteiger partial charge < -0.3 is 5.73 Å². The van der Waals surface area contributed by atoms with E-state index < -0.39 is 0 Å². The smallest absolute Gasteiger partial charge is 0.132 e. The van der Waals surface area contributed by atoms with Gasteiger partial charge in [-0.1, -0.05) is 12.1 Å². The van der Waals surface area contributed by atoms with E-state index in [2.05, 4.69) is 9.97 Å².